The van der Waals surface area contributed by atoms with E-state index in [1.807, 2.05) is 4.72 Å². The van der Waals surface area contributed by atoms with E-state index in [9.17, 15) is 17.6 Å². The van der Waals surface area contributed by atoms with Crippen molar-refractivity contribution in [2.24, 2.45) is 0 Å². The molecule has 1 heterocycles. The zero-order chi connectivity index (χ0) is 14.9. The molecule has 1 aromatic heterocycles. The molecule has 0 radical (unpaired) electrons. The quantitative estimate of drug-likeness (QED) is 0.891. The van der Waals surface area contributed by atoms with E-state index < -0.39 is 32.3 Å². The van der Waals surface area contributed by atoms with Crippen LogP contribution in [0.4, 0.5) is 10.1 Å². The largest absolute Gasteiger partial charge is 0.478 e. The molecular formula is C10H6ClFN2O5S. The predicted octanol–water partition coefficient (Wildman–Crippen LogP) is 1.97. The topological polar surface area (TPSA) is 110 Å². The molecule has 0 aliphatic heterocycles. The lowest BCUT2D eigenvalue weighted by Gasteiger charge is -2.09. The van der Waals surface area contributed by atoms with E-state index in [0.717, 1.165) is 24.6 Å². The summed E-state index contributed by atoms with van der Waals surface area (Å²) >= 11 is 5.60. The minimum Gasteiger partial charge on any atom is -0.478 e. The lowest BCUT2D eigenvalue weighted by Crippen LogP contribution is -2.16. The third-order valence-electron chi connectivity index (χ3n) is 2.21. The molecule has 10 heteroatoms. The van der Waals surface area contributed by atoms with Gasteiger partial charge in [-0.05, 0) is 12.1 Å². The Labute approximate surface area is 117 Å². The van der Waals surface area contributed by atoms with Crippen molar-refractivity contribution in [2.75, 3.05) is 4.72 Å². The molecule has 1 aromatic carbocycles. The molecule has 0 aliphatic rings. The summed E-state index contributed by atoms with van der Waals surface area (Å²) in [4.78, 5) is 9.95. The van der Waals surface area contributed by atoms with Gasteiger partial charge in [0.1, 0.15) is 16.8 Å². The van der Waals surface area contributed by atoms with E-state index in [-0.39, 0.29) is 10.7 Å². The number of sulfonamides is 1. The number of carboxylic acids is 1. The van der Waals surface area contributed by atoms with E-state index in [4.69, 9.17) is 16.7 Å². The molecule has 0 unspecified atom stereocenters. The van der Waals surface area contributed by atoms with Crippen LogP contribution in [0.1, 0.15) is 10.4 Å². The molecule has 0 amide bonds. The summed E-state index contributed by atoms with van der Waals surface area (Å²) in [6.07, 6.45) is 2.04. The van der Waals surface area contributed by atoms with Crippen LogP contribution in [0.25, 0.3) is 0 Å². The summed E-state index contributed by atoms with van der Waals surface area (Å²) < 4.78 is 44.3. The molecule has 0 atom stereocenters. The standard InChI is InChI=1S/C10H6ClFN2O5S/c11-5-1-7(10(15)16)9(12)8(2-5)20(17,18)14-6-3-13-19-4-6/h1-4,14H,(H,15,16). The number of carbonyl (C=O) groups is 1. The zero-order valence-corrected chi connectivity index (χ0v) is 11.1. The van der Waals surface area contributed by atoms with Gasteiger partial charge in [-0.3, -0.25) is 4.72 Å². The minimum absolute atomic E-state index is 0.0405. The summed E-state index contributed by atoms with van der Waals surface area (Å²) in [6.45, 7) is 0. The number of nitrogens with one attached hydrogen (secondary N) is 1. The van der Waals surface area contributed by atoms with Crippen molar-refractivity contribution < 1.29 is 27.2 Å². The maximum absolute atomic E-state index is 13.9. The van der Waals surface area contributed by atoms with Crippen molar-refractivity contribution in [2.45, 2.75) is 4.90 Å². The average Bonchev–Trinajstić information content (AvgIpc) is 2.83. The number of benzene rings is 1. The molecule has 0 aliphatic carbocycles. The molecule has 0 saturated carbocycles. The third kappa shape index (κ3) is 2.73. The van der Waals surface area contributed by atoms with Crippen LogP contribution in [-0.4, -0.2) is 24.7 Å². The molecule has 0 saturated heterocycles. The molecule has 20 heavy (non-hydrogen) atoms. The van der Waals surface area contributed by atoms with Gasteiger partial charge in [-0.1, -0.05) is 16.8 Å². The van der Waals surface area contributed by atoms with Crippen LogP contribution in [0.3, 0.4) is 0 Å². The van der Waals surface area contributed by atoms with Crippen molar-refractivity contribution in [3.63, 3.8) is 0 Å². The molecule has 2 N–H and O–H groups in total. The number of halogens is 2. The van der Waals surface area contributed by atoms with E-state index in [1.54, 1.807) is 0 Å². The van der Waals surface area contributed by atoms with Crippen LogP contribution in [0.2, 0.25) is 5.02 Å². The first-order chi connectivity index (χ1) is 9.31. The van der Waals surface area contributed by atoms with Crippen LogP contribution < -0.4 is 4.72 Å². The highest BCUT2D eigenvalue weighted by Gasteiger charge is 2.25. The molecule has 7 nitrogen and oxygen atoms in total. The number of aromatic nitrogens is 1. The highest BCUT2D eigenvalue weighted by atomic mass is 35.5. The Morgan fingerprint density at radius 3 is 2.70 bits per heavy atom. The van der Waals surface area contributed by atoms with Crippen molar-refractivity contribution in [3.05, 3.63) is 41.0 Å². The number of rotatable bonds is 4. The number of aromatic carboxylic acids is 1. The second kappa shape index (κ2) is 5.10. The number of hydrogen-bond donors (Lipinski definition) is 2. The summed E-state index contributed by atoms with van der Waals surface area (Å²) in [6, 6.07) is 1.62. The number of carboxylic acid groups (broad SMARTS) is 1. The molecule has 2 aromatic rings. The fraction of sp³-hybridized carbons (Fsp3) is 0. The first-order valence-electron chi connectivity index (χ1n) is 4.96. The minimum atomic E-state index is -4.37. The summed E-state index contributed by atoms with van der Waals surface area (Å²) in [5, 5.41) is 11.8. The lowest BCUT2D eigenvalue weighted by molar-refractivity contribution is 0.0691. The molecule has 106 valence electrons. The summed E-state index contributed by atoms with van der Waals surface area (Å²) in [7, 11) is -4.37. The Morgan fingerprint density at radius 1 is 1.45 bits per heavy atom. The van der Waals surface area contributed by atoms with Gasteiger partial charge in [0, 0.05) is 5.02 Å². The highest BCUT2D eigenvalue weighted by Crippen LogP contribution is 2.25. The first-order valence-corrected chi connectivity index (χ1v) is 6.82. The van der Waals surface area contributed by atoms with Crippen LogP contribution >= 0.6 is 11.6 Å². The highest BCUT2D eigenvalue weighted by molar-refractivity contribution is 7.92. The second-order valence-corrected chi connectivity index (χ2v) is 5.68. The van der Waals surface area contributed by atoms with Gasteiger partial charge in [0.15, 0.2) is 5.82 Å². The fourth-order valence-corrected chi connectivity index (χ4v) is 2.81. The van der Waals surface area contributed by atoms with Crippen molar-refractivity contribution in [1.82, 2.24) is 5.16 Å². The van der Waals surface area contributed by atoms with E-state index in [1.165, 1.54) is 0 Å². The van der Waals surface area contributed by atoms with Crippen LogP contribution in [0, 0.1) is 5.82 Å². The SMILES string of the molecule is O=C(O)c1cc(Cl)cc(S(=O)(=O)Nc2cnoc2)c1F. The number of anilines is 1. The summed E-state index contributed by atoms with van der Waals surface area (Å²) in [5.74, 6) is -3.04. The first kappa shape index (κ1) is 14.3. The fourth-order valence-electron chi connectivity index (χ4n) is 1.38. The van der Waals surface area contributed by atoms with Gasteiger partial charge < -0.3 is 9.63 Å². The summed E-state index contributed by atoms with van der Waals surface area (Å²) in [5.41, 5.74) is -0.885. The predicted molar refractivity (Wildman–Crippen MR) is 65.7 cm³/mol. The third-order valence-corrected chi connectivity index (χ3v) is 3.81. The van der Waals surface area contributed by atoms with Gasteiger partial charge in [-0.2, -0.15) is 0 Å². The van der Waals surface area contributed by atoms with E-state index in [2.05, 4.69) is 9.68 Å². The van der Waals surface area contributed by atoms with Gasteiger partial charge >= 0.3 is 5.97 Å². The Morgan fingerprint density at radius 2 is 2.15 bits per heavy atom. The molecule has 2 rings (SSSR count). The van der Waals surface area contributed by atoms with Crippen LogP contribution in [-0.2, 0) is 10.0 Å². The van der Waals surface area contributed by atoms with Gasteiger partial charge in [-0.15, -0.1) is 0 Å². The van der Waals surface area contributed by atoms with E-state index >= 15 is 0 Å². The van der Waals surface area contributed by atoms with Gasteiger partial charge in [0.05, 0.1) is 11.8 Å². The van der Waals surface area contributed by atoms with E-state index in [0.29, 0.717) is 0 Å². The maximum atomic E-state index is 13.9. The van der Waals surface area contributed by atoms with Gasteiger partial charge in [0.2, 0.25) is 0 Å². The smallest absolute Gasteiger partial charge is 0.338 e. The monoisotopic (exact) mass is 320 g/mol. The molecule has 0 spiro atoms. The Hall–Kier alpha value is -2.13. The van der Waals surface area contributed by atoms with Gasteiger partial charge in [0.25, 0.3) is 10.0 Å². The molecular weight excluding hydrogens is 315 g/mol. The molecule has 0 fully saturated rings. The Balaban J connectivity index is 2.54. The maximum Gasteiger partial charge on any atom is 0.338 e. The second-order valence-electron chi connectivity index (χ2n) is 3.59. The van der Waals surface area contributed by atoms with Crippen LogP contribution in [0.15, 0.2) is 34.0 Å². The lowest BCUT2D eigenvalue weighted by atomic mass is 10.2. The van der Waals surface area contributed by atoms with Crippen LogP contribution in [0.5, 0.6) is 0 Å². The van der Waals surface area contributed by atoms with Crippen molar-refractivity contribution >= 4 is 33.3 Å². The Bertz CT molecular complexity index is 760. The number of hydrogen-bond acceptors (Lipinski definition) is 5. The van der Waals surface area contributed by atoms with Gasteiger partial charge in [-0.25, -0.2) is 17.6 Å². The number of nitrogens with zero attached hydrogens (tertiary/aromatic N) is 1. The zero-order valence-electron chi connectivity index (χ0n) is 9.50. The van der Waals surface area contributed by atoms with Crippen molar-refractivity contribution in [1.29, 1.82) is 0 Å². The Kier molecular flexibility index (Phi) is 3.64. The van der Waals surface area contributed by atoms with Crippen molar-refractivity contribution in [3.8, 4) is 0 Å². The average molecular weight is 321 g/mol. The normalized spacial score (nSPS) is 11.3. The molecule has 0 bridgehead atoms.